The fourth-order valence-corrected chi connectivity index (χ4v) is 55.9. The number of carbonyl (C=O) groups is 4. The van der Waals surface area contributed by atoms with Crippen LogP contribution in [0.5, 0.6) is 0 Å². The van der Waals surface area contributed by atoms with Gasteiger partial charge in [-0.15, -0.1) is 12.8 Å². The second kappa shape index (κ2) is 66.9. The van der Waals surface area contributed by atoms with E-state index in [0.717, 1.165) is 191 Å². The van der Waals surface area contributed by atoms with E-state index in [1.807, 2.05) is 6.20 Å². The first-order valence-electron chi connectivity index (χ1n) is 55.8. The lowest BCUT2D eigenvalue weighted by atomic mass is 9.78. The van der Waals surface area contributed by atoms with Crippen molar-refractivity contribution in [3.05, 3.63) is 87.2 Å². The second-order valence-corrected chi connectivity index (χ2v) is 76.2. The molecule has 2 aromatic rings. The van der Waals surface area contributed by atoms with Crippen molar-refractivity contribution in [3.63, 3.8) is 0 Å². The fraction of sp³-hybridized carbons (Fsp3) is 0.809. The number of carbonyl (C=O) groups excluding carboxylic acids is 4. The molecule has 143 heavy (non-hydrogen) atoms. The smallest absolute Gasteiger partial charge is 0.469 e. The number of H-pyrrole nitrogens is 3. The Hall–Kier alpha value is -4.68. The number of hydrogen-bond donors (Lipinski definition) is 5. The van der Waals surface area contributed by atoms with E-state index in [-0.39, 0.29) is 40.8 Å². The molecule has 0 saturated heterocycles. The first kappa shape index (κ1) is 134. The van der Waals surface area contributed by atoms with Crippen LogP contribution in [-0.2, 0) is 68.5 Å². The number of terminal acetylenes is 2. The Bertz CT molecular complexity index is 4190. The number of nitrogens with zero attached hydrogens (tertiary/aromatic N) is 1. The molecule has 3 fully saturated rings. The van der Waals surface area contributed by atoms with Crippen LogP contribution in [0, 0.1) is 72.0 Å². The van der Waals surface area contributed by atoms with Crippen LogP contribution >= 0.6 is 0 Å². The number of nitrogens with one attached hydrogen (secondary N) is 3. The molecule has 3 saturated carbocycles. The minimum atomic E-state index is -5.53. The van der Waals surface area contributed by atoms with E-state index < -0.39 is 63.3 Å². The van der Waals surface area contributed by atoms with Crippen molar-refractivity contribution < 1.29 is 77.3 Å². The van der Waals surface area contributed by atoms with Crippen molar-refractivity contribution in [2.45, 2.75) is 508 Å². The zero-order valence-corrected chi connectivity index (χ0v) is 102. The van der Waals surface area contributed by atoms with Crippen LogP contribution in [0.3, 0.4) is 0 Å². The largest absolute Gasteiger partial charge is 0.522 e. The van der Waals surface area contributed by atoms with Crippen molar-refractivity contribution in [3.8, 4) is 24.7 Å². The van der Waals surface area contributed by atoms with Crippen LogP contribution in [0.15, 0.2) is 70.1 Å². The van der Waals surface area contributed by atoms with Crippen LogP contribution in [0.2, 0.25) is 83.1 Å². The summed E-state index contributed by atoms with van der Waals surface area (Å²) in [6.07, 6.45) is 57.6. The molecule has 0 radical (unpaired) electrons. The average Bonchev–Trinajstić information content (AvgIpc) is 1.14. The summed E-state index contributed by atoms with van der Waals surface area (Å²) < 4.78 is 96.0. The quantitative estimate of drug-likeness (QED) is 0.0103. The molecule has 0 bridgehead atoms. The van der Waals surface area contributed by atoms with E-state index in [2.05, 4.69) is 229 Å². The minimum Gasteiger partial charge on any atom is -0.469 e. The molecule has 7 aliphatic carbocycles. The van der Waals surface area contributed by atoms with Crippen LogP contribution in [0.4, 0.5) is 13.2 Å². The molecule has 7 unspecified atom stereocenters. The molecule has 2 aromatic heterocycles. The van der Waals surface area contributed by atoms with Gasteiger partial charge in [0.2, 0.25) is 8.32 Å². The third-order valence-electron chi connectivity index (χ3n) is 33.1. The molecular formula is C115H207F3N4O15SSi5. The molecule has 28 heteroatoms. The zero-order valence-electron chi connectivity index (χ0n) is 95.8. The molecule has 5 N–H and O–H groups in total. The van der Waals surface area contributed by atoms with Gasteiger partial charge in [-0.25, -0.2) is 9.78 Å². The molecule has 19 nitrogen and oxygen atoms in total. The summed E-state index contributed by atoms with van der Waals surface area (Å²) in [5.41, 5.74) is 8.78. The Labute approximate surface area is 874 Å². The molecule has 2 heterocycles. The van der Waals surface area contributed by atoms with Crippen molar-refractivity contribution in [1.29, 1.82) is 0 Å². The number of imidazole rings is 2. The van der Waals surface area contributed by atoms with Gasteiger partial charge in [0.1, 0.15) is 17.9 Å². The van der Waals surface area contributed by atoms with E-state index >= 15 is 0 Å². The lowest BCUT2D eigenvalue weighted by Gasteiger charge is -2.42. The summed E-state index contributed by atoms with van der Waals surface area (Å²) in [4.78, 5) is 68.3. The summed E-state index contributed by atoms with van der Waals surface area (Å²) in [7, 11) is -14.1. The van der Waals surface area contributed by atoms with Crippen molar-refractivity contribution in [2.75, 3.05) is 40.1 Å². The highest BCUT2D eigenvalue weighted by molar-refractivity contribution is 7.88. The number of ether oxygens (including phenoxy) is 1. The number of aromatic amines is 3. The average molecular weight is 2120 g/mol. The van der Waals surface area contributed by atoms with E-state index in [4.69, 9.17) is 44.3 Å². The highest BCUT2D eigenvalue weighted by atomic mass is 32.2. The number of allylic oxidation sites excluding steroid dienone is 8. The van der Waals surface area contributed by atoms with Crippen molar-refractivity contribution >= 4 is 75.5 Å². The maximum Gasteiger partial charge on any atom is 0.522 e. The number of Topliss-reactive ketones (excluding diaryl/α,β-unsaturated/α-hetero) is 2. The van der Waals surface area contributed by atoms with Gasteiger partial charge in [0.05, 0.1) is 25.5 Å². The molecule has 824 valence electrons. The van der Waals surface area contributed by atoms with Gasteiger partial charge in [0.25, 0.3) is 0 Å². The number of rotatable bonds is 42. The van der Waals surface area contributed by atoms with Crippen LogP contribution in [-0.4, -0.2) is 156 Å². The Morgan fingerprint density at radius 1 is 0.469 bits per heavy atom. The Kier molecular flexibility index (Phi) is 62.9. The van der Waals surface area contributed by atoms with Gasteiger partial charge in [-0.1, -0.05) is 256 Å². The maximum absolute atomic E-state index is 12.5. The minimum absolute atomic E-state index is 0.0907. The number of halogens is 3. The number of esters is 1. The van der Waals surface area contributed by atoms with E-state index in [1.165, 1.54) is 75.3 Å². The second-order valence-electron chi connectivity index (χ2n) is 47.2. The molecule has 0 aliphatic heterocycles. The number of aliphatic hydroxyl groups excluding tert-OH is 2. The number of aromatic nitrogens is 4. The van der Waals surface area contributed by atoms with Gasteiger partial charge in [-0.05, 0) is 315 Å². The molecule has 0 aromatic carbocycles. The maximum atomic E-state index is 12.5. The first-order chi connectivity index (χ1) is 66.9. The lowest BCUT2D eigenvalue weighted by molar-refractivity contribution is -0.152. The van der Waals surface area contributed by atoms with Gasteiger partial charge >= 0.3 is 27.3 Å². The summed E-state index contributed by atoms with van der Waals surface area (Å²) in [6.45, 7) is 72.2. The third-order valence-corrected chi connectivity index (χ3v) is 65.6. The number of alkyl halides is 3. The van der Waals surface area contributed by atoms with Gasteiger partial charge in [-0.3, -0.25) is 19.2 Å². The Morgan fingerprint density at radius 2 is 0.818 bits per heavy atom. The fourth-order valence-electron chi connectivity index (χ4n) is 25.8. The van der Waals surface area contributed by atoms with E-state index in [9.17, 15) is 50.7 Å². The predicted molar refractivity (Wildman–Crippen MR) is 601 cm³/mol. The van der Waals surface area contributed by atoms with Gasteiger partial charge in [-0.2, -0.15) is 21.6 Å². The summed E-state index contributed by atoms with van der Waals surface area (Å²) >= 11 is 0. The number of aliphatic hydroxyl groups is 2. The van der Waals surface area contributed by atoms with Crippen LogP contribution in [0.25, 0.3) is 0 Å². The van der Waals surface area contributed by atoms with Crippen LogP contribution in [0.1, 0.15) is 412 Å². The summed E-state index contributed by atoms with van der Waals surface area (Å²) in [5.74, 6) is 10.3. The molecule has 0 amide bonds. The number of ketones is 2. The van der Waals surface area contributed by atoms with Crippen molar-refractivity contribution in [1.82, 2.24) is 19.9 Å². The summed E-state index contributed by atoms with van der Waals surface area (Å²) in [5, 5.41) is 18.6. The number of aldehydes is 1. The number of methoxy groups -OCH3 is 1. The highest BCUT2D eigenvalue weighted by Crippen LogP contribution is 2.50. The molecule has 7 atom stereocenters. The standard InChI is InChI=1S/C19H38O4Si.C19H34OSi.C18H34O2Si.C17H34O2Si.C12H18N2O.C12H14N2.C10H21F3O3SSi.C8H14O2/c1-13(2)24(14(3)4,15(5)6)23-11-10-16-8-9-18(20)17(12-16)19(21)22-7;1-8-18-10-9-11-19(14-18)12-13-20-21(15(2)3,16(4)5)17(6)7;1-14(2)21(15(3)4,16(5)6)20-11-10-17-8-7-9-18(12-17)13-19;1-13(2)20(14(3)4,15(5)6)19-12-11-16-7-9-17(18)10-8-16;1-2-9-4-3-5-10(6-9)7-11-8-13-12(15)14-11;1-2-10-4-3-5-11(6-10)7-12-8-13-9-14-12;1-7(2)18(8(3)4,9(5)6)16-17(14,15)10(11,12)13;9-6-5-7-1-3-8(10)4-2-7/h13-18,20H,8-12H2,1-7H3;1,10,15-17,19H,9,11-14H2,2-7H3;9,13-17H,7-8,10-12H2,1-6H3;13-16H,7-12H2,1-6H3;4,8,10H,2-3,5-7H2,1H3,(H2,13,14,15);1,4,8-9,11H,3,5-7H2,(H,13,14);7-9H,1-6H3;7,9H,1-6H2. The first-order valence-corrected chi connectivity index (χ1v) is 67.9. The van der Waals surface area contributed by atoms with E-state index in [1.54, 1.807) is 59.6 Å². The van der Waals surface area contributed by atoms with E-state index in [0.29, 0.717) is 120 Å². The predicted octanol–water partition coefficient (Wildman–Crippen LogP) is 31.1. The van der Waals surface area contributed by atoms with Gasteiger partial charge in [0, 0.05) is 82.5 Å². The molecule has 0 spiro atoms. The molecule has 7 aliphatic rings. The number of hydrogen-bond acceptors (Lipinski definition) is 16. The van der Waals surface area contributed by atoms with Crippen molar-refractivity contribution in [2.24, 2.45) is 47.3 Å². The summed E-state index contributed by atoms with van der Waals surface area (Å²) in [6, 6.07) is 0. The molecule has 9 rings (SSSR count). The topological polar surface area (TPSA) is 276 Å². The highest BCUT2D eigenvalue weighted by Gasteiger charge is 2.57. The third kappa shape index (κ3) is 42.8. The van der Waals surface area contributed by atoms with Crippen LogP contribution < -0.4 is 5.69 Å². The Balaban J connectivity index is 0.000000557. The molecular weight excluding hydrogens is 1910 g/mol. The monoisotopic (exact) mass is 2110 g/mol. The van der Waals surface area contributed by atoms with Gasteiger partial charge < -0.3 is 51.5 Å². The Morgan fingerprint density at radius 3 is 1.16 bits per heavy atom. The van der Waals surface area contributed by atoms with Gasteiger partial charge in [0.15, 0.2) is 33.3 Å². The lowest BCUT2D eigenvalue weighted by Crippen LogP contribution is -2.51. The SMILES string of the molecule is C#CC1=CCCC(CCO[Si](C(C)C)(C(C)C)C(C)C)C1.C#CC1=CCCC(Cc2cnc[nH]2)C1.CC(C)[Si](OCCC1CCC(=O)CC1)(C(C)C)C(C)C.CC(C)[Si](OCCC1CCC=C(C=O)C1)(C(C)C)C(C)C.CC(C)[Si](OS(=O)(=O)C(F)(F)F)(C(C)C)C(C)C.CCC1=CCCC(Cc2c[nH]c(=O)[nH]2)C1.COC(=O)C1CC(CCO[Si](C(C)C)(C(C)C)C(C)C)CCC1O.O=C1CCC(CCO)CC1. The zero-order chi connectivity index (χ0) is 109. The normalized spacial score (nSPS) is 20.5.